The maximum absolute atomic E-state index is 11.9. The number of aromatic nitrogens is 1. The van der Waals surface area contributed by atoms with Crippen molar-refractivity contribution in [1.29, 1.82) is 0 Å². The van der Waals surface area contributed by atoms with Crippen molar-refractivity contribution in [2.45, 2.75) is 37.5 Å². The number of carbonyl (C=O) groups excluding carboxylic acids is 1. The topological polar surface area (TPSA) is 79.3 Å². The molecule has 0 aliphatic heterocycles. The monoisotopic (exact) mass is 378 g/mol. The Hall–Kier alpha value is -1.86. The lowest BCUT2D eigenvalue weighted by atomic mass is 9.87. The normalized spacial score (nSPS) is 11.3. The number of carboxylic acids is 1. The maximum atomic E-state index is 11.9. The van der Waals surface area contributed by atoms with Gasteiger partial charge in [-0.25, -0.2) is 9.78 Å². The molecule has 1 heterocycles. The zero-order valence-corrected chi connectivity index (χ0v) is 16.2. The minimum Gasteiger partial charge on any atom is -0.476 e. The Balaban J connectivity index is 1.72. The second kappa shape index (κ2) is 8.49. The number of carbonyl (C=O) groups is 2. The van der Waals surface area contributed by atoms with Gasteiger partial charge in [-0.05, 0) is 23.1 Å². The zero-order chi connectivity index (χ0) is 18.4. The summed E-state index contributed by atoms with van der Waals surface area (Å²) in [6.07, 6.45) is 0.536. The van der Waals surface area contributed by atoms with E-state index < -0.39 is 5.97 Å². The zero-order valence-electron chi connectivity index (χ0n) is 14.5. The Morgan fingerprint density at radius 2 is 1.92 bits per heavy atom. The first-order valence-corrected chi connectivity index (χ1v) is 9.80. The van der Waals surface area contributed by atoms with Crippen LogP contribution in [-0.4, -0.2) is 34.3 Å². The van der Waals surface area contributed by atoms with Gasteiger partial charge < -0.3 is 10.4 Å². The van der Waals surface area contributed by atoms with Gasteiger partial charge in [-0.2, -0.15) is 0 Å². The van der Waals surface area contributed by atoms with Crippen LogP contribution in [0.25, 0.3) is 0 Å². The van der Waals surface area contributed by atoms with Crippen molar-refractivity contribution in [2.75, 3.05) is 12.3 Å². The van der Waals surface area contributed by atoms with E-state index in [9.17, 15) is 9.59 Å². The fourth-order valence-corrected chi connectivity index (χ4v) is 3.58. The van der Waals surface area contributed by atoms with Crippen LogP contribution < -0.4 is 5.32 Å². The summed E-state index contributed by atoms with van der Waals surface area (Å²) in [4.78, 5) is 27.7. The Kier molecular flexibility index (Phi) is 6.61. The smallest absolute Gasteiger partial charge is 0.355 e. The van der Waals surface area contributed by atoms with Crippen LogP contribution in [0.3, 0.4) is 0 Å². The maximum Gasteiger partial charge on any atom is 0.355 e. The number of hydrogen-bond acceptors (Lipinski definition) is 5. The lowest BCUT2D eigenvalue weighted by Gasteiger charge is -2.19. The van der Waals surface area contributed by atoms with Crippen molar-refractivity contribution < 1.29 is 14.7 Å². The third-order valence-electron chi connectivity index (χ3n) is 3.52. The number of carboxylic acid groups (broad SMARTS) is 1. The largest absolute Gasteiger partial charge is 0.476 e. The first-order chi connectivity index (χ1) is 11.8. The minimum absolute atomic E-state index is 0.0417. The van der Waals surface area contributed by atoms with Crippen molar-refractivity contribution in [1.82, 2.24) is 10.3 Å². The molecule has 0 saturated carbocycles. The van der Waals surface area contributed by atoms with Crippen molar-refractivity contribution in [2.24, 2.45) is 0 Å². The van der Waals surface area contributed by atoms with E-state index in [-0.39, 0.29) is 17.0 Å². The molecule has 2 aromatic rings. The van der Waals surface area contributed by atoms with Crippen molar-refractivity contribution >= 4 is 35.0 Å². The number of aromatic carboxylic acids is 1. The average Bonchev–Trinajstić information content (AvgIpc) is 3.02. The molecule has 2 N–H and O–H groups in total. The predicted molar refractivity (Wildman–Crippen MR) is 102 cm³/mol. The van der Waals surface area contributed by atoms with Crippen LogP contribution >= 0.6 is 23.1 Å². The van der Waals surface area contributed by atoms with Gasteiger partial charge in [0.1, 0.15) is 0 Å². The fraction of sp³-hybridized carbons (Fsp3) is 0.389. The summed E-state index contributed by atoms with van der Waals surface area (Å²) in [5.41, 5.74) is 1.45. The Bertz CT molecular complexity index is 734. The summed E-state index contributed by atoms with van der Waals surface area (Å²) in [5, 5.41) is 13.9. The Labute approximate surface area is 155 Å². The molecule has 25 heavy (non-hydrogen) atoms. The lowest BCUT2D eigenvalue weighted by molar-refractivity contribution is -0.118. The van der Waals surface area contributed by atoms with E-state index in [4.69, 9.17) is 5.11 Å². The highest BCUT2D eigenvalue weighted by atomic mass is 32.2. The summed E-state index contributed by atoms with van der Waals surface area (Å²) in [6.45, 7) is 6.97. The summed E-state index contributed by atoms with van der Waals surface area (Å²) < 4.78 is 0. The highest BCUT2D eigenvalue weighted by Gasteiger charge is 2.13. The molecule has 5 nitrogen and oxygen atoms in total. The molecule has 0 aliphatic carbocycles. The number of nitrogens with one attached hydrogen (secondary N) is 1. The van der Waals surface area contributed by atoms with E-state index in [1.165, 1.54) is 34.0 Å². The van der Waals surface area contributed by atoms with E-state index >= 15 is 0 Å². The van der Waals surface area contributed by atoms with Crippen molar-refractivity contribution in [3.05, 3.63) is 45.9 Å². The first kappa shape index (κ1) is 19.5. The van der Waals surface area contributed by atoms with Crippen LogP contribution in [0, 0.1) is 0 Å². The average molecular weight is 379 g/mol. The number of rotatable bonds is 7. The Morgan fingerprint density at radius 1 is 1.24 bits per heavy atom. The van der Waals surface area contributed by atoms with Gasteiger partial charge in [0, 0.05) is 23.2 Å². The molecular weight excluding hydrogens is 356 g/mol. The van der Waals surface area contributed by atoms with Gasteiger partial charge in [0.25, 0.3) is 0 Å². The molecule has 0 fully saturated rings. The Morgan fingerprint density at radius 3 is 2.48 bits per heavy atom. The second-order valence-electron chi connectivity index (χ2n) is 6.59. The number of amides is 1. The number of thioether (sulfide) groups is 1. The van der Waals surface area contributed by atoms with E-state index in [2.05, 4.69) is 43.2 Å². The molecule has 0 spiro atoms. The van der Waals surface area contributed by atoms with Crippen LogP contribution in [0.2, 0.25) is 0 Å². The first-order valence-electron chi connectivity index (χ1n) is 7.93. The summed E-state index contributed by atoms with van der Waals surface area (Å²) in [5.74, 6) is -0.715. The lowest BCUT2D eigenvalue weighted by Crippen LogP contribution is -2.27. The van der Waals surface area contributed by atoms with Crippen LogP contribution in [-0.2, 0) is 16.6 Å². The second-order valence-corrected chi connectivity index (χ2v) is 8.59. The molecule has 0 saturated heterocycles. The summed E-state index contributed by atoms with van der Waals surface area (Å²) in [7, 11) is 0. The molecular formula is C18H22N2O3S2. The molecule has 0 aliphatic rings. The molecule has 0 atom stereocenters. The molecule has 134 valence electrons. The summed E-state index contributed by atoms with van der Waals surface area (Å²) >= 11 is 2.79. The molecule has 1 aromatic heterocycles. The fourth-order valence-electron chi connectivity index (χ4n) is 2.08. The van der Waals surface area contributed by atoms with E-state index in [0.717, 1.165) is 4.90 Å². The van der Waals surface area contributed by atoms with Crippen LogP contribution in [0.4, 0.5) is 0 Å². The highest BCUT2D eigenvalue weighted by Crippen LogP contribution is 2.25. The van der Waals surface area contributed by atoms with Gasteiger partial charge in [-0.3, -0.25) is 4.79 Å². The molecule has 0 unspecified atom stereocenters. The van der Waals surface area contributed by atoms with Crippen LogP contribution in [0.1, 0.15) is 41.8 Å². The van der Waals surface area contributed by atoms with Crippen molar-refractivity contribution in [3.63, 3.8) is 0 Å². The molecule has 7 heteroatoms. The van der Waals surface area contributed by atoms with Crippen molar-refractivity contribution in [3.8, 4) is 0 Å². The van der Waals surface area contributed by atoms with Gasteiger partial charge >= 0.3 is 5.97 Å². The third-order valence-corrected chi connectivity index (χ3v) is 5.44. The molecule has 1 aromatic carbocycles. The molecule has 0 radical (unpaired) electrons. The van der Waals surface area contributed by atoms with E-state index in [0.29, 0.717) is 23.7 Å². The van der Waals surface area contributed by atoms with Gasteiger partial charge in [-0.15, -0.1) is 23.1 Å². The molecule has 1 amide bonds. The number of thiazole rings is 1. The number of nitrogens with zero attached hydrogens (tertiary/aromatic N) is 1. The van der Waals surface area contributed by atoms with Gasteiger partial charge in [0.15, 0.2) is 5.69 Å². The SMILES string of the molecule is CC(C)(C)c1ccc(SCC(=O)NCCc2nc(C(=O)O)cs2)cc1. The van der Waals surface area contributed by atoms with E-state index in [1.807, 2.05) is 12.1 Å². The predicted octanol–water partition coefficient (Wildman–Crippen LogP) is 3.59. The van der Waals surface area contributed by atoms with E-state index in [1.54, 1.807) is 0 Å². The summed E-state index contributed by atoms with van der Waals surface area (Å²) in [6, 6.07) is 8.29. The number of benzene rings is 1. The standard InChI is InChI=1S/C18H22N2O3S2/c1-18(2,3)12-4-6-13(7-5-12)24-11-15(21)19-9-8-16-20-14(10-25-16)17(22)23/h4-7,10H,8-9,11H2,1-3H3,(H,19,21)(H,22,23). The molecule has 2 rings (SSSR count). The van der Waals surface area contributed by atoms with Gasteiger partial charge in [0.05, 0.1) is 10.8 Å². The van der Waals surface area contributed by atoms with Crippen LogP contribution in [0.15, 0.2) is 34.5 Å². The van der Waals surface area contributed by atoms with Gasteiger partial charge in [-0.1, -0.05) is 32.9 Å². The van der Waals surface area contributed by atoms with Gasteiger partial charge in [0.2, 0.25) is 5.91 Å². The number of hydrogen-bond donors (Lipinski definition) is 2. The van der Waals surface area contributed by atoms with Crippen LogP contribution in [0.5, 0.6) is 0 Å². The third kappa shape index (κ3) is 6.17. The molecule has 0 bridgehead atoms. The quantitative estimate of drug-likeness (QED) is 0.720. The highest BCUT2D eigenvalue weighted by molar-refractivity contribution is 8.00. The minimum atomic E-state index is -1.03.